The molecule has 8 nitrogen and oxygen atoms in total. The molecular weight excluding hydrogens is 521 g/mol. The molecule has 2 unspecified atom stereocenters. The van der Waals surface area contributed by atoms with Gasteiger partial charge in [0, 0.05) is 24.8 Å². The van der Waals surface area contributed by atoms with Crippen LogP contribution in [0, 0.1) is 5.82 Å². The van der Waals surface area contributed by atoms with Crippen molar-refractivity contribution in [2.45, 2.75) is 62.7 Å². The lowest BCUT2D eigenvalue weighted by atomic mass is 9.95. The molecule has 4 aromatic rings. The standard InChI is InChI=1S/C32H34FN5O3/c33-27-28(25-16-21(39)15-20-5-1-2-6-24(20)25)34-17-26-29(27)35-31(40-19-32-10-3-12-38(32)13-4-11-32)36-30(26)37-14-9-22-7-8-23(18-37)41-22/h1-2,5-6,15-17,22-23,39H,3-4,7-14,18-19H2. The Morgan fingerprint density at radius 3 is 2.71 bits per heavy atom. The van der Waals surface area contributed by atoms with E-state index in [4.69, 9.17) is 14.5 Å². The molecule has 4 aliphatic rings. The lowest BCUT2D eigenvalue weighted by molar-refractivity contribution is 0.0580. The number of pyridine rings is 1. The van der Waals surface area contributed by atoms with Gasteiger partial charge in [-0.25, -0.2) is 4.39 Å². The summed E-state index contributed by atoms with van der Waals surface area (Å²) < 4.78 is 29.1. The maximum atomic E-state index is 16.6. The molecule has 9 heteroatoms. The second kappa shape index (κ2) is 9.77. The maximum Gasteiger partial charge on any atom is 0.319 e. The van der Waals surface area contributed by atoms with Crippen molar-refractivity contribution in [2.75, 3.05) is 37.7 Å². The summed E-state index contributed by atoms with van der Waals surface area (Å²) >= 11 is 0. The number of benzene rings is 2. The zero-order valence-corrected chi connectivity index (χ0v) is 23.1. The number of nitrogens with zero attached hydrogens (tertiary/aromatic N) is 5. The molecule has 0 radical (unpaired) electrons. The Morgan fingerprint density at radius 2 is 1.83 bits per heavy atom. The van der Waals surface area contributed by atoms with Gasteiger partial charge in [-0.1, -0.05) is 24.3 Å². The fourth-order valence-corrected chi connectivity index (χ4v) is 7.62. The number of aromatic hydroxyl groups is 1. The summed E-state index contributed by atoms with van der Waals surface area (Å²) in [7, 11) is 0. The van der Waals surface area contributed by atoms with Crippen LogP contribution in [-0.2, 0) is 4.74 Å². The van der Waals surface area contributed by atoms with Crippen molar-refractivity contribution in [2.24, 2.45) is 0 Å². The number of phenolic OH excluding ortho intramolecular Hbond substituents is 1. The third kappa shape index (κ3) is 4.28. The van der Waals surface area contributed by atoms with Gasteiger partial charge in [0.05, 0.1) is 23.1 Å². The number of aromatic nitrogens is 3. The Labute approximate surface area is 238 Å². The summed E-state index contributed by atoms with van der Waals surface area (Å²) in [6, 6.07) is 11.0. The summed E-state index contributed by atoms with van der Waals surface area (Å²) in [6.45, 7) is 4.17. The van der Waals surface area contributed by atoms with Crippen LogP contribution in [-0.4, -0.2) is 75.5 Å². The molecule has 0 aliphatic carbocycles. The average Bonchev–Trinajstić information content (AvgIpc) is 3.65. The quantitative estimate of drug-likeness (QED) is 0.348. The zero-order valence-electron chi connectivity index (χ0n) is 23.1. The molecule has 0 spiro atoms. The van der Waals surface area contributed by atoms with Gasteiger partial charge in [0.1, 0.15) is 29.4 Å². The molecule has 4 saturated heterocycles. The third-order valence-corrected chi connectivity index (χ3v) is 9.67. The first-order chi connectivity index (χ1) is 20.1. The van der Waals surface area contributed by atoms with Gasteiger partial charge in [-0.15, -0.1) is 0 Å². The van der Waals surface area contributed by atoms with Gasteiger partial charge in [-0.2, -0.15) is 9.97 Å². The Hall–Kier alpha value is -3.56. The third-order valence-electron chi connectivity index (χ3n) is 9.67. The lowest BCUT2D eigenvalue weighted by Gasteiger charge is -2.31. The maximum absolute atomic E-state index is 16.6. The second-order valence-corrected chi connectivity index (χ2v) is 12.1. The first-order valence-electron chi connectivity index (χ1n) is 14.9. The fraction of sp³-hybridized carbons (Fsp3) is 0.469. The molecule has 2 aromatic heterocycles. The number of ether oxygens (including phenoxy) is 2. The van der Waals surface area contributed by atoms with E-state index in [0.717, 1.165) is 62.5 Å². The monoisotopic (exact) mass is 555 g/mol. The van der Waals surface area contributed by atoms with E-state index in [1.807, 2.05) is 24.3 Å². The molecule has 4 fully saturated rings. The smallest absolute Gasteiger partial charge is 0.319 e. The van der Waals surface area contributed by atoms with Crippen molar-refractivity contribution >= 4 is 27.5 Å². The average molecular weight is 556 g/mol. The molecule has 41 heavy (non-hydrogen) atoms. The van der Waals surface area contributed by atoms with Crippen molar-refractivity contribution in [3.8, 4) is 23.0 Å². The van der Waals surface area contributed by atoms with E-state index in [0.29, 0.717) is 29.9 Å². The van der Waals surface area contributed by atoms with Crippen LogP contribution >= 0.6 is 0 Å². The predicted molar refractivity (Wildman–Crippen MR) is 155 cm³/mol. The summed E-state index contributed by atoms with van der Waals surface area (Å²) in [4.78, 5) is 18.9. The van der Waals surface area contributed by atoms with E-state index in [1.165, 1.54) is 12.8 Å². The zero-order chi connectivity index (χ0) is 27.6. The van der Waals surface area contributed by atoms with Crippen LogP contribution in [0.1, 0.15) is 44.9 Å². The summed E-state index contributed by atoms with van der Waals surface area (Å²) in [5, 5.41) is 12.6. The van der Waals surface area contributed by atoms with E-state index in [2.05, 4.69) is 19.8 Å². The van der Waals surface area contributed by atoms with Crippen LogP contribution in [0.4, 0.5) is 10.2 Å². The molecule has 6 heterocycles. The first kappa shape index (κ1) is 25.2. The summed E-state index contributed by atoms with van der Waals surface area (Å²) in [5.74, 6) is 0.164. The molecule has 2 aromatic carbocycles. The number of halogens is 1. The second-order valence-electron chi connectivity index (χ2n) is 12.1. The van der Waals surface area contributed by atoms with Crippen LogP contribution in [0.3, 0.4) is 0 Å². The van der Waals surface area contributed by atoms with Crippen LogP contribution in [0.2, 0.25) is 0 Å². The highest BCUT2D eigenvalue weighted by Gasteiger charge is 2.45. The van der Waals surface area contributed by atoms with Crippen LogP contribution < -0.4 is 9.64 Å². The highest BCUT2D eigenvalue weighted by atomic mass is 19.1. The number of hydrogen-bond acceptors (Lipinski definition) is 8. The fourth-order valence-electron chi connectivity index (χ4n) is 7.62. The summed E-state index contributed by atoms with van der Waals surface area (Å²) in [5.41, 5.74) is 0.880. The Kier molecular flexibility index (Phi) is 6.00. The Balaban J connectivity index is 1.25. The van der Waals surface area contributed by atoms with E-state index in [1.54, 1.807) is 18.3 Å². The van der Waals surface area contributed by atoms with E-state index >= 15 is 4.39 Å². The summed E-state index contributed by atoms with van der Waals surface area (Å²) in [6.07, 6.45) is 9.64. The number of anilines is 1. The predicted octanol–water partition coefficient (Wildman–Crippen LogP) is 5.45. The Morgan fingerprint density at radius 1 is 1.00 bits per heavy atom. The molecule has 212 valence electrons. The van der Waals surface area contributed by atoms with Gasteiger partial charge >= 0.3 is 6.01 Å². The van der Waals surface area contributed by atoms with Crippen LogP contribution in [0.5, 0.6) is 11.8 Å². The van der Waals surface area contributed by atoms with E-state index < -0.39 is 5.82 Å². The molecule has 1 N–H and O–H groups in total. The molecule has 8 rings (SSSR count). The number of fused-ring (bicyclic) bond motifs is 5. The van der Waals surface area contributed by atoms with Crippen molar-refractivity contribution < 1.29 is 19.0 Å². The van der Waals surface area contributed by atoms with Gasteiger partial charge in [0.15, 0.2) is 5.82 Å². The van der Waals surface area contributed by atoms with E-state index in [-0.39, 0.29) is 40.7 Å². The van der Waals surface area contributed by atoms with Crippen molar-refractivity contribution in [1.82, 2.24) is 19.9 Å². The van der Waals surface area contributed by atoms with Crippen LogP contribution in [0.15, 0.2) is 42.6 Å². The molecule has 4 aliphatic heterocycles. The number of rotatable bonds is 5. The van der Waals surface area contributed by atoms with Gasteiger partial charge < -0.3 is 19.5 Å². The Bertz CT molecular complexity index is 1640. The molecule has 0 saturated carbocycles. The van der Waals surface area contributed by atoms with Crippen molar-refractivity contribution in [3.63, 3.8) is 0 Å². The lowest BCUT2D eigenvalue weighted by Crippen LogP contribution is -2.43. The van der Waals surface area contributed by atoms with E-state index in [9.17, 15) is 5.11 Å². The van der Waals surface area contributed by atoms with Crippen LogP contribution in [0.25, 0.3) is 32.9 Å². The molecule has 2 atom stereocenters. The topological polar surface area (TPSA) is 83.8 Å². The minimum Gasteiger partial charge on any atom is -0.508 e. The minimum absolute atomic E-state index is 0.0243. The van der Waals surface area contributed by atoms with Gasteiger partial charge in [-0.05, 0) is 80.9 Å². The number of hydrogen-bond donors (Lipinski definition) is 1. The first-order valence-corrected chi connectivity index (χ1v) is 14.9. The molecule has 2 bridgehead atoms. The SMILES string of the molecule is Oc1cc(-c2ncc3c(N4CCC5CCC(C4)O5)nc(OCC45CCCN4CCC5)nc3c2F)c2ccccc2c1. The van der Waals surface area contributed by atoms with Crippen molar-refractivity contribution in [3.05, 3.63) is 48.4 Å². The van der Waals surface area contributed by atoms with Crippen molar-refractivity contribution in [1.29, 1.82) is 0 Å². The molecule has 0 amide bonds. The normalized spacial score (nSPS) is 23.8. The molecular formula is C32H34FN5O3. The van der Waals surface area contributed by atoms with Gasteiger partial charge in [-0.3, -0.25) is 9.88 Å². The van der Waals surface area contributed by atoms with Gasteiger partial charge in [0.2, 0.25) is 0 Å². The van der Waals surface area contributed by atoms with Gasteiger partial charge in [0.25, 0.3) is 0 Å². The minimum atomic E-state index is -0.541. The highest BCUT2D eigenvalue weighted by Crippen LogP contribution is 2.41. The number of phenols is 1. The highest BCUT2D eigenvalue weighted by molar-refractivity contribution is 5.99. The largest absolute Gasteiger partial charge is 0.508 e.